The highest BCUT2D eigenvalue weighted by atomic mass is 19.1. The van der Waals surface area contributed by atoms with Crippen molar-refractivity contribution in [3.05, 3.63) is 53.5 Å². The Bertz CT molecular complexity index is 807. The normalized spacial score (nSPS) is 21.9. The Morgan fingerprint density at radius 2 is 2.04 bits per heavy atom. The second kappa shape index (κ2) is 9.18. The summed E-state index contributed by atoms with van der Waals surface area (Å²) in [5.41, 5.74) is 1.49. The van der Waals surface area contributed by atoms with Gasteiger partial charge in [-0.2, -0.15) is 0 Å². The lowest BCUT2D eigenvalue weighted by Gasteiger charge is -2.34. The molecule has 150 valence electrons. The van der Waals surface area contributed by atoms with Gasteiger partial charge in [0.1, 0.15) is 5.75 Å². The smallest absolute Gasteiger partial charge is 0.255 e. The second-order valence-electron chi connectivity index (χ2n) is 7.81. The molecule has 3 unspecified atom stereocenters. The van der Waals surface area contributed by atoms with Gasteiger partial charge in [0.2, 0.25) is 0 Å². The lowest BCUT2D eigenvalue weighted by molar-refractivity contribution is 0.0962. The van der Waals surface area contributed by atoms with E-state index in [0.717, 1.165) is 12.0 Å². The molecule has 4 nitrogen and oxygen atoms in total. The molecule has 1 aromatic heterocycles. The SMILES string of the molecule is CCCC1CCC(C)C(c2ccc(Oc3ncc(C(=O)NC)cc3F)cc2)C1. The summed E-state index contributed by atoms with van der Waals surface area (Å²) in [6.45, 7) is 4.60. The van der Waals surface area contributed by atoms with Crippen LogP contribution in [0.15, 0.2) is 36.5 Å². The lowest BCUT2D eigenvalue weighted by Crippen LogP contribution is -2.21. The van der Waals surface area contributed by atoms with E-state index in [2.05, 4.69) is 36.3 Å². The molecule has 1 aliphatic rings. The van der Waals surface area contributed by atoms with Crippen LogP contribution < -0.4 is 10.1 Å². The largest absolute Gasteiger partial charge is 0.436 e. The van der Waals surface area contributed by atoms with Crippen molar-refractivity contribution in [1.29, 1.82) is 0 Å². The summed E-state index contributed by atoms with van der Waals surface area (Å²) < 4.78 is 19.8. The Morgan fingerprint density at radius 3 is 2.68 bits per heavy atom. The van der Waals surface area contributed by atoms with Crippen LogP contribution in [-0.2, 0) is 0 Å². The fourth-order valence-corrected chi connectivity index (χ4v) is 4.21. The fraction of sp³-hybridized carbons (Fsp3) is 0.478. The van der Waals surface area contributed by atoms with Gasteiger partial charge < -0.3 is 10.1 Å². The van der Waals surface area contributed by atoms with E-state index in [9.17, 15) is 9.18 Å². The average Bonchev–Trinajstić information content (AvgIpc) is 2.71. The Kier molecular flexibility index (Phi) is 6.65. The third-order valence-corrected chi connectivity index (χ3v) is 5.82. The van der Waals surface area contributed by atoms with Gasteiger partial charge in [0.25, 0.3) is 11.8 Å². The number of aromatic nitrogens is 1. The van der Waals surface area contributed by atoms with Gasteiger partial charge >= 0.3 is 0 Å². The highest BCUT2D eigenvalue weighted by molar-refractivity contribution is 5.93. The number of benzene rings is 1. The topological polar surface area (TPSA) is 51.2 Å². The van der Waals surface area contributed by atoms with Crippen molar-refractivity contribution in [2.75, 3.05) is 7.05 Å². The van der Waals surface area contributed by atoms with Gasteiger partial charge in [-0.1, -0.05) is 45.2 Å². The van der Waals surface area contributed by atoms with E-state index in [-0.39, 0.29) is 17.4 Å². The summed E-state index contributed by atoms with van der Waals surface area (Å²) in [6.07, 6.45) is 7.72. The number of amides is 1. The van der Waals surface area contributed by atoms with Crippen LogP contribution in [0.25, 0.3) is 0 Å². The zero-order chi connectivity index (χ0) is 20.1. The Hall–Kier alpha value is -2.43. The van der Waals surface area contributed by atoms with Crippen molar-refractivity contribution in [1.82, 2.24) is 10.3 Å². The number of nitrogens with zero attached hydrogens (tertiary/aromatic N) is 1. The summed E-state index contributed by atoms with van der Waals surface area (Å²) in [7, 11) is 1.49. The van der Waals surface area contributed by atoms with Crippen LogP contribution in [0.4, 0.5) is 4.39 Å². The molecular weight excluding hydrogens is 355 g/mol. The molecule has 0 aliphatic heterocycles. The van der Waals surface area contributed by atoms with Crippen LogP contribution in [0.5, 0.6) is 11.6 Å². The number of hydrogen-bond acceptors (Lipinski definition) is 3. The summed E-state index contributed by atoms with van der Waals surface area (Å²) in [5, 5.41) is 2.44. The first kappa shape index (κ1) is 20.3. The Balaban J connectivity index is 1.70. The highest BCUT2D eigenvalue weighted by Crippen LogP contribution is 2.42. The molecule has 0 bridgehead atoms. The van der Waals surface area contributed by atoms with Crippen molar-refractivity contribution >= 4 is 5.91 Å². The zero-order valence-electron chi connectivity index (χ0n) is 16.9. The maximum atomic E-state index is 14.2. The summed E-state index contributed by atoms with van der Waals surface area (Å²) in [5.74, 6) is 1.43. The van der Waals surface area contributed by atoms with Crippen molar-refractivity contribution < 1.29 is 13.9 Å². The molecule has 3 rings (SSSR count). The molecule has 1 fully saturated rings. The lowest BCUT2D eigenvalue weighted by atomic mass is 9.71. The zero-order valence-corrected chi connectivity index (χ0v) is 16.9. The third-order valence-electron chi connectivity index (χ3n) is 5.82. The van der Waals surface area contributed by atoms with E-state index in [1.807, 2.05) is 12.1 Å². The van der Waals surface area contributed by atoms with Crippen molar-refractivity contribution in [2.45, 2.75) is 51.9 Å². The minimum absolute atomic E-state index is 0.130. The van der Waals surface area contributed by atoms with E-state index >= 15 is 0 Å². The van der Waals surface area contributed by atoms with Gasteiger partial charge in [0.05, 0.1) is 5.56 Å². The van der Waals surface area contributed by atoms with Crippen molar-refractivity contribution in [2.24, 2.45) is 11.8 Å². The first-order valence-corrected chi connectivity index (χ1v) is 10.2. The van der Waals surface area contributed by atoms with Crippen molar-refractivity contribution in [3.8, 4) is 11.6 Å². The Labute approximate surface area is 166 Å². The molecule has 1 amide bonds. The molecule has 1 aromatic carbocycles. The number of ether oxygens (including phenoxy) is 1. The molecule has 1 saturated carbocycles. The molecule has 1 heterocycles. The summed E-state index contributed by atoms with van der Waals surface area (Å²) >= 11 is 0. The molecule has 1 N–H and O–H groups in total. The van der Waals surface area contributed by atoms with Gasteiger partial charge in [-0.15, -0.1) is 0 Å². The standard InChI is InChI=1S/C23H29FN2O2/c1-4-5-16-7-6-15(2)20(12-16)17-8-10-19(11-9-17)28-23-21(24)13-18(14-26-23)22(27)25-3/h8-11,13-16,20H,4-7,12H2,1-3H3,(H,25,27). The van der Waals surface area contributed by atoms with Crippen LogP contribution in [0.3, 0.4) is 0 Å². The monoisotopic (exact) mass is 384 g/mol. The van der Waals surface area contributed by atoms with E-state index in [1.165, 1.54) is 50.9 Å². The number of nitrogens with one attached hydrogen (secondary N) is 1. The van der Waals surface area contributed by atoms with Crippen LogP contribution in [0, 0.1) is 17.7 Å². The number of pyridine rings is 1. The third kappa shape index (κ3) is 4.70. The molecule has 0 radical (unpaired) electrons. The number of carbonyl (C=O) groups excluding carboxylic acids is 1. The van der Waals surface area contributed by atoms with Crippen LogP contribution in [-0.4, -0.2) is 17.9 Å². The van der Waals surface area contributed by atoms with Gasteiger partial charge in [-0.05, 0) is 54.4 Å². The summed E-state index contributed by atoms with van der Waals surface area (Å²) in [4.78, 5) is 15.5. The Morgan fingerprint density at radius 1 is 1.29 bits per heavy atom. The summed E-state index contributed by atoms with van der Waals surface area (Å²) in [6, 6.07) is 9.05. The van der Waals surface area contributed by atoms with Gasteiger partial charge in [-0.3, -0.25) is 4.79 Å². The predicted octanol–water partition coefficient (Wildman–Crippen LogP) is 5.69. The van der Waals surface area contributed by atoms with Crippen LogP contribution >= 0.6 is 0 Å². The van der Waals surface area contributed by atoms with E-state index in [4.69, 9.17) is 4.74 Å². The van der Waals surface area contributed by atoms with Crippen molar-refractivity contribution in [3.63, 3.8) is 0 Å². The maximum Gasteiger partial charge on any atom is 0.255 e. The van der Waals surface area contributed by atoms with Gasteiger partial charge in [0.15, 0.2) is 5.82 Å². The van der Waals surface area contributed by atoms with Crippen LogP contribution in [0.1, 0.15) is 67.8 Å². The predicted molar refractivity (Wildman–Crippen MR) is 108 cm³/mol. The van der Waals surface area contributed by atoms with Crippen LogP contribution in [0.2, 0.25) is 0 Å². The quantitative estimate of drug-likeness (QED) is 0.696. The minimum atomic E-state index is -0.659. The molecule has 0 spiro atoms. The highest BCUT2D eigenvalue weighted by Gasteiger charge is 2.28. The first-order valence-electron chi connectivity index (χ1n) is 10.2. The fourth-order valence-electron chi connectivity index (χ4n) is 4.21. The first-order chi connectivity index (χ1) is 13.5. The molecule has 0 saturated heterocycles. The average molecular weight is 384 g/mol. The molecule has 28 heavy (non-hydrogen) atoms. The second-order valence-corrected chi connectivity index (χ2v) is 7.81. The van der Waals surface area contributed by atoms with E-state index in [1.54, 1.807) is 0 Å². The van der Waals surface area contributed by atoms with E-state index in [0.29, 0.717) is 17.6 Å². The molecule has 3 atom stereocenters. The van der Waals surface area contributed by atoms with Gasteiger partial charge in [-0.25, -0.2) is 9.37 Å². The molecule has 5 heteroatoms. The molecule has 1 aliphatic carbocycles. The van der Waals surface area contributed by atoms with Gasteiger partial charge in [0, 0.05) is 13.2 Å². The minimum Gasteiger partial charge on any atom is -0.436 e. The number of carbonyl (C=O) groups is 1. The number of rotatable bonds is 6. The number of hydrogen-bond donors (Lipinski definition) is 1. The van der Waals surface area contributed by atoms with E-state index < -0.39 is 5.82 Å². The number of halogens is 1. The molecule has 2 aromatic rings. The molecular formula is C23H29FN2O2. The maximum absolute atomic E-state index is 14.2.